The Morgan fingerprint density at radius 2 is 1.88 bits per heavy atom. The first-order valence-corrected chi connectivity index (χ1v) is 10.1. The molecule has 0 saturated carbocycles. The van der Waals surface area contributed by atoms with Crippen LogP contribution in [0.15, 0.2) is 22.8 Å². The van der Waals surface area contributed by atoms with Gasteiger partial charge in [-0.2, -0.15) is 0 Å². The number of fused-ring (bicyclic) bond motifs is 1. The van der Waals surface area contributed by atoms with Gasteiger partial charge in [0.15, 0.2) is 5.76 Å². The lowest BCUT2D eigenvalue weighted by molar-refractivity contribution is -0.132. The van der Waals surface area contributed by atoms with Crippen molar-refractivity contribution in [3.05, 3.63) is 39.7 Å². The van der Waals surface area contributed by atoms with Gasteiger partial charge in [0, 0.05) is 43.9 Å². The average molecular weight is 373 g/mol. The van der Waals surface area contributed by atoms with Crippen LogP contribution < -0.4 is 0 Å². The van der Waals surface area contributed by atoms with E-state index in [9.17, 15) is 9.59 Å². The predicted molar refractivity (Wildman–Crippen MR) is 98.3 cm³/mol. The van der Waals surface area contributed by atoms with Crippen LogP contribution in [-0.2, 0) is 24.1 Å². The van der Waals surface area contributed by atoms with Gasteiger partial charge in [0.05, 0.1) is 17.0 Å². The monoisotopic (exact) mass is 373 g/mol. The average Bonchev–Trinajstić information content (AvgIpc) is 3.35. The van der Waals surface area contributed by atoms with E-state index < -0.39 is 0 Å². The van der Waals surface area contributed by atoms with E-state index in [4.69, 9.17) is 9.40 Å². The third-order valence-electron chi connectivity index (χ3n) is 5.09. The maximum atomic E-state index is 12.5. The molecule has 0 atom stereocenters. The Morgan fingerprint density at radius 3 is 2.62 bits per heavy atom. The number of carbonyl (C=O) groups is 2. The van der Waals surface area contributed by atoms with E-state index in [0.29, 0.717) is 38.4 Å². The second-order valence-electron chi connectivity index (χ2n) is 6.83. The summed E-state index contributed by atoms with van der Waals surface area (Å²) in [6.07, 6.45) is 7.45. The number of amides is 2. The Balaban J connectivity index is 1.26. The predicted octanol–water partition coefficient (Wildman–Crippen LogP) is 2.53. The number of aromatic nitrogens is 1. The molecule has 2 aromatic heterocycles. The van der Waals surface area contributed by atoms with Crippen molar-refractivity contribution in [1.82, 2.24) is 14.8 Å². The van der Waals surface area contributed by atoms with Gasteiger partial charge >= 0.3 is 0 Å². The Morgan fingerprint density at radius 1 is 1.12 bits per heavy atom. The number of furan rings is 1. The molecule has 138 valence electrons. The Bertz CT molecular complexity index is 753. The molecule has 0 bridgehead atoms. The summed E-state index contributed by atoms with van der Waals surface area (Å²) in [7, 11) is 0. The van der Waals surface area contributed by atoms with Crippen molar-refractivity contribution >= 4 is 23.2 Å². The molecule has 4 rings (SSSR count). The summed E-state index contributed by atoms with van der Waals surface area (Å²) < 4.78 is 5.17. The summed E-state index contributed by atoms with van der Waals surface area (Å²) in [5, 5.41) is 1.09. The van der Waals surface area contributed by atoms with E-state index in [1.54, 1.807) is 28.4 Å². The molecule has 7 heteroatoms. The third-order valence-corrected chi connectivity index (χ3v) is 6.31. The number of nitrogens with zero attached hydrogens (tertiary/aromatic N) is 3. The molecule has 2 aliphatic rings. The molecule has 2 amide bonds. The van der Waals surface area contributed by atoms with Crippen molar-refractivity contribution in [2.24, 2.45) is 0 Å². The fraction of sp³-hybridized carbons (Fsp3) is 0.526. The molecular weight excluding hydrogens is 350 g/mol. The van der Waals surface area contributed by atoms with Crippen molar-refractivity contribution < 1.29 is 14.0 Å². The Hall–Kier alpha value is -2.15. The number of aryl methyl sites for hydroxylation is 3. The zero-order chi connectivity index (χ0) is 17.9. The van der Waals surface area contributed by atoms with Crippen LogP contribution in [0.2, 0.25) is 0 Å². The number of hydrogen-bond donors (Lipinski definition) is 0. The van der Waals surface area contributed by atoms with Gasteiger partial charge in [-0.3, -0.25) is 9.59 Å². The summed E-state index contributed by atoms with van der Waals surface area (Å²) in [6, 6.07) is 3.39. The lowest BCUT2D eigenvalue weighted by atomic mass is 10.0. The quantitative estimate of drug-likeness (QED) is 0.826. The lowest BCUT2D eigenvalue weighted by Gasteiger charge is -2.34. The molecular formula is C19H23N3O3S. The smallest absolute Gasteiger partial charge is 0.289 e. The Labute approximate surface area is 156 Å². The molecule has 1 fully saturated rings. The first-order chi connectivity index (χ1) is 12.7. The van der Waals surface area contributed by atoms with Gasteiger partial charge in [0.2, 0.25) is 5.91 Å². The van der Waals surface area contributed by atoms with Crippen molar-refractivity contribution in [2.45, 2.75) is 38.5 Å². The molecule has 2 aromatic rings. The van der Waals surface area contributed by atoms with Crippen LogP contribution in [0.1, 0.15) is 45.4 Å². The molecule has 1 saturated heterocycles. The fourth-order valence-electron chi connectivity index (χ4n) is 3.60. The Kier molecular flexibility index (Phi) is 5.06. The van der Waals surface area contributed by atoms with E-state index in [2.05, 4.69) is 0 Å². The van der Waals surface area contributed by atoms with Crippen LogP contribution in [0, 0.1) is 0 Å². The SMILES string of the molecule is O=C(CCc1nc2c(s1)CCCC2)N1CCN(C(=O)c2ccco2)CC1. The van der Waals surface area contributed by atoms with E-state index in [0.717, 1.165) is 24.3 Å². The van der Waals surface area contributed by atoms with E-state index in [1.807, 2.05) is 4.90 Å². The first-order valence-electron chi connectivity index (χ1n) is 9.29. The van der Waals surface area contributed by atoms with Gasteiger partial charge in [-0.25, -0.2) is 4.98 Å². The number of thiazole rings is 1. The fourth-order valence-corrected chi connectivity index (χ4v) is 4.76. The van der Waals surface area contributed by atoms with Crippen molar-refractivity contribution in [3.63, 3.8) is 0 Å². The third kappa shape index (κ3) is 3.67. The van der Waals surface area contributed by atoms with Gasteiger partial charge in [-0.05, 0) is 37.8 Å². The van der Waals surface area contributed by atoms with Gasteiger partial charge in [0.25, 0.3) is 5.91 Å². The lowest BCUT2D eigenvalue weighted by Crippen LogP contribution is -2.50. The van der Waals surface area contributed by atoms with E-state index in [-0.39, 0.29) is 11.8 Å². The molecule has 1 aliphatic carbocycles. The molecule has 1 aliphatic heterocycles. The van der Waals surface area contributed by atoms with Crippen molar-refractivity contribution in [2.75, 3.05) is 26.2 Å². The van der Waals surface area contributed by atoms with Crippen LogP contribution in [0.25, 0.3) is 0 Å². The topological polar surface area (TPSA) is 66.7 Å². The minimum Gasteiger partial charge on any atom is -0.459 e. The molecule has 0 unspecified atom stereocenters. The standard InChI is InChI=1S/C19H23N3O3S/c23-18(8-7-17-20-14-4-1-2-6-16(14)26-17)21-9-11-22(12-10-21)19(24)15-5-3-13-25-15/h3,5,13H,1-2,4,6-12H2. The largest absolute Gasteiger partial charge is 0.459 e. The van der Waals surface area contributed by atoms with Crippen LogP contribution >= 0.6 is 11.3 Å². The highest BCUT2D eigenvalue weighted by atomic mass is 32.1. The first kappa shape index (κ1) is 17.3. The highest BCUT2D eigenvalue weighted by Crippen LogP contribution is 2.27. The molecule has 0 aromatic carbocycles. The second-order valence-corrected chi connectivity index (χ2v) is 8.00. The molecule has 0 N–H and O–H groups in total. The van der Waals surface area contributed by atoms with Gasteiger partial charge in [0.1, 0.15) is 0 Å². The maximum Gasteiger partial charge on any atom is 0.289 e. The number of hydrogen-bond acceptors (Lipinski definition) is 5. The maximum absolute atomic E-state index is 12.5. The van der Waals surface area contributed by atoms with Gasteiger partial charge in [-0.15, -0.1) is 11.3 Å². The molecule has 0 spiro atoms. The van der Waals surface area contributed by atoms with Crippen LogP contribution in [0.3, 0.4) is 0 Å². The number of piperazine rings is 1. The normalized spacial score (nSPS) is 17.2. The van der Waals surface area contributed by atoms with E-state index >= 15 is 0 Å². The molecule has 26 heavy (non-hydrogen) atoms. The highest BCUT2D eigenvalue weighted by Gasteiger charge is 2.26. The van der Waals surface area contributed by atoms with Gasteiger partial charge in [-0.1, -0.05) is 0 Å². The minimum absolute atomic E-state index is 0.101. The second kappa shape index (κ2) is 7.61. The zero-order valence-corrected chi connectivity index (χ0v) is 15.6. The van der Waals surface area contributed by atoms with Crippen LogP contribution in [0.4, 0.5) is 0 Å². The van der Waals surface area contributed by atoms with E-state index in [1.165, 1.54) is 29.7 Å². The van der Waals surface area contributed by atoms with Gasteiger partial charge < -0.3 is 14.2 Å². The summed E-state index contributed by atoms with van der Waals surface area (Å²) in [5.41, 5.74) is 1.26. The highest BCUT2D eigenvalue weighted by molar-refractivity contribution is 7.11. The number of carbonyl (C=O) groups excluding carboxylic acids is 2. The summed E-state index contributed by atoms with van der Waals surface area (Å²) in [6.45, 7) is 2.27. The van der Waals surface area contributed by atoms with Crippen LogP contribution in [-0.4, -0.2) is 52.8 Å². The van der Waals surface area contributed by atoms with Crippen LogP contribution in [0.5, 0.6) is 0 Å². The zero-order valence-electron chi connectivity index (χ0n) is 14.8. The molecule has 0 radical (unpaired) electrons. The number of rotatable bonds is 4. The molecule has 6 nitrogen and oxygen atoms in total. The molecule has 3 heterocycles. The van der Waals surface area contributed by atoms with Crippen molar-refractivity contribution in [1.29, 1.82) is 0 Å². The summed E-state index contributed by atoms with van der Waals surface area (Å²) in [5.74, 6) is 0.413. The minimum atomic E-state index is -0.101. The van der Waals surface area contributed by atoms with Crippen molar-refractivity contribution in [3.8, 4) is 0 Å². The summed E-state index contributed by atoms with van der Waals surface area (Å²) in [4.78, 5) is 34.5. The summed E-state index contributed by atoms with van der Waals surface area (Å²) >= 11 is 1.78.